The average molecular weight is 347 g/mol. The molecule has 138 valence electrons. The van der Waals surface area contributed by atoms with Crippen molar-refractivity contribution in [2.24, 2.45) is 0 Å². The highest BCUT2D eigenvalue weighted by Gasteiger charge is 2.23. The SMILES string of the molecule is CC(NC(=O)CN1CCCC(N(C)CC(=O)O)CC1)c1ccccc1. The predicted octanol–water partition coefficient (Wildman–Crippen LogP) is 1.73. The van der Waals surface area contributed by atoms with Gasteiger partial charge >= 0.3 is 5.97 Å². The fraction of sp³-hybridized carbons (Fsp3) is 0.579. The summed E-state index contributed by atoms with van der Waals surface area (Å²) in [7, 11) is 1.86. The quantitative estimate of drug-likeness (QED) is 0.786. The van der Waals surface area contributed by atoms with Crippen LogP contribution >= 0.6 is 0 Å². The van der Waals surface area contributed by atoms with Gasteiger partial charge in [0.2, 0.25) is 5.91 Å². The number of benzene rings is 1. The molecular formula is C19H29N3O3. The van der Waals surface area contributed by atoms with E-state index in [0.717, 1.165) is 37.9 Å². The number of carbonyl (C=O) groups is 2. The van der Waals surface area contributed by atoms with Gasteiger partial charge in [0.05, 0.1) is 19.1 Å². The summed E-state index contributed by atoms with van der Waals surface area (Å²) < 4.78 is 0. The van der Waals surface area contributed by atoms with Crippen molar-refractivity contribution in [2.45, 2.75) is 38.3 Å². The molecule has 1 amide bonds. The Balaban J connectivity index is 1.79. The van der Waals surface area contributed by atoms with Crippen LogP contribution in [-0.2, 0) is 9.59 Å². The molecule has 0 aromatic heterocycles. The van der Waals surface area contributed by atoms with E-state index in [2.05, 4.69) is 10.2 Å². The van der Waals surface area contributed by atoms with Gasteiger partial charge in [-0.2, -0.15) is 0 Å². The van der Waals surface area contributed by atoms with Crippen molar-refractivity contribution in [3.05, 3.63) is 35.9 Å². The number of likely N-dealkylation sites (tertiary alicyclic amines) is 1. The summed E-state index contributed by atoms with van der Waals surface area (Å²) in [6.07, 6.45) is 2.85. The van der Waals surface area contributed by atoms with Crippen molar-refractivity contribution in [1.82, 2.24) is 15.1 Å². The number of amides is 1. The van der Waals surface area contributed by atoms with E-state index in [4.69, 9.17) is 5.11 Å². The number of nitrogens with zero attached hydrogens (tertiary/aromatic N) is 2. The Morgan fingerprint density at radius 2 is 2.00 bits per heavy atom. The average Bonchev–Trinajstić information content (AvgIpc) is 2.80. The molecule has 2 unspecified atom stereocenters. The largest absolute Gasteiger partial charge is 0.480 e. The molecule has 1 aromatic rings. The Hall–Kier alpha value is -1.92. The van der Waals surface area contributed by atoms with E-state index in [1.54, 1.807) is 0 Å². The third-order valence-corrected chi connectivity index (χ3v) is 4.84. The number of rotatable bonds is 7. The number of hydrogen-bond acceptors (Lipinski definition) is 4. The van der Waals surface area contributed by atoms with Crippen molar-refractivity contribution >= 4 is 11.9 Å². The highest BCUT2D eigenvalue weighted by molar-refractivity contribution is 5.78. The van der Waals surface area contributed by atoms with Crippen molar-refractivity contribution in [2.75, 3.05) is 33.2 Å². The first kappa shape index (κ1) is 19.4. The molecule has 0 spiro atoms. The fourth-order valence-corrected chi connectivity index (χ4v) is 3.39. The molecule has 0 aliphatic carbocycles. The summed E-state index contributed by atoms with van der Waals surface area (Å²) in [6.45, 7) is 4.16. The Bertz CT molecular complexity index is 564. The first-order valence-electron chi connectivity index (χ1n) is 8.94. The molecule has 1 saturated heterocycles. The van der Waals surface area contributed by atoms with Crippen LogP contribution in [0.2, 0.25) is 0 Å². The van der Waals surface area contributed by atoms with E-state index in [9.17, 15) is 9.59 Å². The van der Waals surface area contributed by atoms with Crippen molar-refractivity contribution in [3.8, 4) is 0 Å². The number of carboxylic acids is 1. The van der Waals surface area contributed by atoms with Gasteiger partial charge in [0.15, 0.2) is 0 Å². The minimum absolute atomic E-state index is 0.00451. The maximum atomic E-state index is 12.3. The first-order chi connectivity index (χ1) is 12.0. The molecule has 2 N–H and O–H groups in total. The predicted molar refractivity (Wildman–Crippen MR) is 97.3 cm³/mol. The molecule has 0 saturated carbocycles. The monoisotopic (exact) mass is 347 g/mol. The summed E-state index contributed by atoms with van der Waals surface area (Å²) >= 11 is 0. The second-order valence-corrected chi connectivity index (χ2v) is 6.87. The van der Waals surface area contributed by atoms with Gasteiger partial charge in [-0.1, -0.05) is 30.3 Å². The molecule has 1 aliphatic heterocycles. The molecule has 2 atom stereocenters. The lowest BCUT2D eigenvalue weighted by molar-refractivity contribution is -0.138. The number of carbonyl (C=O) groups excluding carboxylic acids is 1. The van der Waals surface area contributed by atoms with Crippen LogP contribution < -0.4 is 5.32 Å². The van der Waals surface area contributed by atoms with Gasteiger partial charge in [-0.25, -0.2) is 0 Å². The Labute approximate surface area is 149 Å². The molecule has 6 nitrogen and oxygen atoms in total. The minimum Gasteiger partial charge on any atom is -0.480 e. The van der Waals surface area contributed by atoms with Crippen molar-refractivity contribution in [1.29, 1.82) is 0 Å². The number of hydrogen-bond donors (Lipinski definition) is 2. The number of likely N-dealkylation sites (N-methyl/N-ethyl adjacent to an activating group) is 1. The lowest BCUT2D eigenvalue weighted by Crippen LogP contribution is -2.40. The van der Waals surface area contributed by atoms with Crippen molar-refractivity contribution < 1.29 is 14.7 Å². The second kappa shape index (κ2) is 9.53. The van der Waals surface area contributed by atoms with Crippen LogP contribution in [0, 0.1) is 0 Å². The van der Waals surface area contributed by atoms with Crippen LogP contribution in [0.3, 0.4) is 0 Å². The summed E-state index contributed by atoms with van der Waals surface area (Å²) in [5, 5.41) is 12.0. The molecule has 1 aliphatic rings. The normalized spacial score (nSPS) is 20.0. The van der Waals surface area contributed by atoms with E-state index in [-0.39, 0.29) is 24.5 Å². The zero-order valence-electron chi connectivity index (χ0n) is 15.1. The van der Waals surface area contributed by atoms with Gasteiger partial charge in [-0.05, 0) is 45.3 Å². The molecular weight excluding hydrogens is 318 g/mol. The lowest BCUT2D eigenvalue weighted by Gasteiger charge is -2.25. The summed E-state index contributed by atoms with van der Waals surface area (Å²) in [5.41, 5.74) is 1.10. The van der Waals surface area contributed by atoms with Crippen LogP contribution in [-0.4, -0.2) is 66.1 Å². The number of aliphatic carboxylic acids is 1. The molecule has 1 fully saturated rings. The van der Waals surface area contributed by atoms with Crippen molar-refractivity contribution in [3.63, 3.8) is 0 Å². The Morgan fingerprint density at radius 1 is 1.28 bits per heavy atom. The zero-order chi connectivity index (χ0) is 18.2. The van der Waals surface area contributed by atoms with Crippen LogP contribution in [0.4, 0.5) is 0 Å². The summed E-state index contributed by atoms with van der Waals surface area (Å²) in [5.74, 6) is -0.758. The highest BCUT2D eigenvalue weighted by Crippen LogP contribution is 2.16. The Morgan fingerprint density at radius 3 is 2.68 bits per heavy atom. The van der Waals surface area contributed by atoms with Gasteiger partial charge in [-0.3, -0.25) is 19.4 Å². The topological polar surface area (TPSA) is 72.9 Å². The van der Waals surface area contributed by atoms with Gasteiger partial charge in [0.1, 0.15) is 0 Å². The van der Waals surface area contributed by atoms with E-state index in [1.807, 2.05) is 49.2 Å². The Kier molecular flexibility index (Phi) is 7.40. The third-order valence-electron chi connectivity index (χ3n) is 4.84. The first-order valence-corrected chi connectivity index (χ1v) is 8.94. The number of carboxylic acid groups (broad SMARTS) is 1. The molecule has 25 heavy (non-hydrogen) atoms. The smallest absolute Gasteiger partial charge is 0.317 e. The van der Waals surface area contributed by atoms with Crippen LogP contribution in [0.1, 0.15) is 37.8 Å². The van der Waals surface area contributed by atoms with Gasteiger partial charge in [0.25, 0.3) is 0 Å². The zero-order valence-corrected chi connectivity index (χ0v) is 15.1. The van der Waals surface area contributed by atoms with E-state index >= 15 is 0 Å². The maximum absolute atomic E-state index is 12.3. The molecule has 2 rings (SSSR count). The fourth-order valence-electron chi connectivity index (χ4n) is 3.39. The lowest BCUT2D eigenvalue weighted by atomic mass is 10.1. The highest BCUT2D eigenvalue weighted by atomic mass is 16.4. The van der Waals surface area contributed by atoms with Gasteiger partial charge < -0.3 is 10.4 Å². The van der Waals surface area contributed by atoms with Crippen LogP contribution in [0.15, 0.2) is 30.3 Å². The summed E-state index contributed by atoms with van der Waals surface area (Å²) in [4.78, 5) is 27.3. The standard InChI is InChI=1S/C19H29N3O3/c1-15(16-7-4-3-5-8-16)20-18(23)13-22-11-6-9-17(10-12-22)21(2)14-19(24)25/h3-5,7-8,15,17H,6,9-14H2,1-2H3,(H,20,23)(H,24,25). The van der Waals surface area contributed by atoms with Crippen LogP contribution in [0.25, 0.3) is 0 Å². The third kappa shape index (κ3) is 6.48. The molecule has 1 heterocycles. The second-order valence-electron chi connectivity index (χ2n) is 6.87. The van der Waals surface area contributed by atoms with Gasteiger partial charge in [-0.15, -0.1) is 0 Å². The molecule has 1 aromatic carbocycles. The maximum Gasteiger partial charge on any atom is 0.317 e. The molecule has 6 heteroatoms. The minimum atomic E-state index is -0.794. The number of nitrogens with one attached hydrogen (secondary N) is 1. The molecule has 0 bridgehead atoms. The van der Waals surface area contributed by atoms with E-state index in [0.29, 0.717) is 6.54 Å². The van der Waals surface area contributed by atoms with Gasteiger partial charge in [0, 0.05) is 12.6 Å². The van der Waals surface area contributed by atoms with E-state index in [1.165, 1.54) is 0 Å². The van der Waals surface area contributed by atoms with Crippen LogP contribution in [0.5, 0.6) is 0 Å². The molecule has 0 radical (unpaired) electrons. The van der Waals surface area contributed by atoms with E-state index < -0.39 is 5.97 Å². The summed E-state index contributed by atoms with van der Waals surface area (Å²) in [6, 6.07) is 10.2.